The van der Waals surface area contributed by atoms with Crippen molar-refractivity contribution in [1.82, 2.24) is 5.43 Å². The van der Waals surface area contributed by atoms with Gasteiger partial charge in [-0.2, -0.15) is 5.10 Å². The van der Waals surface area contributed by atoms with Crippen molar-refractivity contribution in [3.05, 3.63) is 68.7 Å². The van der Waals surface area contributed by atoms with Gasteiger partial charge in [0.25, 0.3) is 5.91 Å². The van der Waals surface area contributed by atoms with E-state index in [1.807, 2.05) is 44.2 Å². The average Bonchev–Trinajstić information content (AvgIpc) is 2.44. The lowest BCUT2D eigenvalue weighted by Gasteiger charge is -2.05. The smallest absolute Gasteiger partial charge is 0.267 e. The van der Waals surface area contributed by atoms with Crippen LogP contribution in [0, 0.1) is 6.92 Å². The van der Waals surface area contributed by atoms with Crippen LogP contribution in [0.5, 0.6) is 0 Å². The molecule has 0 heterocycles. The average molecular weight is 366 g/mol. The molecule has 1 N–H and O–H groups in total. The van der Waals surface area contributed by atoms with E-state index in [-0.39, 0.29) is 5.91 Å². The number of aryl methyl sites for hydroxylation is 1. The van der Waals surface area contributed by atoms with Gasteiger partial charge < -0.3 is 0 Å². The molecule has 0 saturated heterocycles. The highest BCUT2D eigenvalue weighted by atomic mass is 79.9. The van der Waals surface area contributed by atoms with Gasteiger partial charge in [0.2, 0.25) is 0 Å². The van der Waals surface area contributed by atoms with E-state index in [1.165, 1.54) is 0 Å². The lowest BCUT2D eigenvalue weighted by molar-refractivity contribution is 0.0955. The van der Waals surface area contributed by atoms with Crippen molar-refractivity contribution in [3.8, 4) is 0 Å². The first-order valence-electron chi connectivity index (χ1n) is 6.34. The van der Waals surface area contributed by atoms with Gasteiger partial charge in [-0.3, -0.25) is 4.79 Å². The zero-order chi connectivity index (χ0) is 15.4. The number of nitrogens with one attached hydrogen (secondary N) is 1. The summed E-state index contributed by atoms with van der Waals surface area (Å²) in [4.78, 5) is 12.1. The van der Waals surface area contributed by atoms with E-state index in [2.05, 4.69) is 26.5 Å². The van der Waals surface area contributed by atoms with Crippen LogP contribution in [0.15, 0.2) is 52.0 Å². The number of nitrogens with zero attached hydrogens (tertiary/aromatic N) is 1. The zero-order valence-corrected chi connectivity index (χ0v) is 14.0. The van der Waals surface area contributed by atoms with Crippen LogP contribution < -0.4 is 5.43 Å². The van der Waals surface area contributed by atoms with E-state index in [9.17, 15) is 4.79 Å². The molecule has 2 rings (SSSR count). The number of amides is 1. The fourth-order valence-electron chi connectivity index (χ4n) is 1.78. The van der Waals surface area contributed by atoms with Crippen LogP contribution in [-0.2, 0) is 0 Å². The van der Waals surface area contributed by atoms with Gasteiger partial charge in [0.1, 0.15) is 0 Å². The Morgan fingerprint density at radius 1 is 1.24 bits per heavy atom. The summed E-state index contributed by atoms with van der Waals surface area (Å²) in [6.07, 6.45) is 0. The predicted molar refractivity (Wildman–Crippen MR) is 90.0 cm³/mol. The number of rotatable bonds is 3. The molecule has 0 unspecified atom stereocenters. The fourth-order valence-corrected chi connectivity index (χ4v) is 2.50. The minimum absolute atomic E-state index is 0.325. The number of carbonyl (C=O) groups excluding carboxylic acids is 1. The van der Waals surface area contributed by atoms with Crippen LogP contribution >= 0.6 is 27.5 Å². The Hall–Kier alpha value is -1.65. The fraction of sp³-hybridized carbons (Fsp3) is 0.125. The number of carbonyl (C=O) groups is 1. The molecule has 108 valence electrons. The summed E-state index contributed by atoms with van der Waals surface area (Å²) in [7, 11) is 0. The molecule has 0 aliphatic rings. The monoisotopic (exact) mass is 364 g/mol. The highest BCUT2D eigenvalue weighted by Gasteiger charge is 2.09. The van der Waals surface area contributed by atoms with Gasteiger partial charge in [-0.15, -0.1) is 0 Å². The third-order valence-electron chi connectivity index (χ3n) is 2.94. The van der Waals surface area contributed by atoms with Crippen LogP contribution in [0.2, 0.25) is 5.02 Å². The predicted octanol–water partition coefficient (Wildman–Crippen LogP) is 4.56. The van der Waals surface area contributed by atoms with E-state index in [4.69, 9.17) is 11.6 Å². The highest BCUT2D eigenvalue weighted by molar-refractivity contribution is 9.10. The second-order valence-electron chi connectivity index (χ2n) is 4.63. The third-order valence-corrected chi connectivity index (χ3v) is 3.74. The molecule has 0 radical (unpaired) electrons. The van der Waals surface area contributed by atoms with Gasteiger partial charge in [-0.1, -0.05) is 45.7 Å². The maximum Gasteiger partial charge on any atom is 0.272 e. The molecule has 0 aliphatic carbocycles. The number of benzene rings is 2. The molecule has 5 heteroatoms. The van der Waals surface area contributed by atoms with Crippen LogP contribution in [0.4, 0.5) is 0 Å². The van der Waals surface area contributed by atoms with Crippen molar-refractivity contribution in [2.75, 3.05) is 0 Å². The summed E-state index contributed by atoms with van der Waals surface area (Å²) in [6, 6.07) is 13.0. The maximum atomic E-state index is 12.1. The Labute approximate surface area is 137 Å². The van der Waals surface area contributed by atoms with E-state index < -0.39 is 0 Å². The van der Waals surface area contributed by atoms with E-state index in [1.54, 1.807) is 12.1 Å². The van der Waals surface area contributed by atoms with Gasteiger partial charge in [0.05, 0.1) is 16.3 Å². The van der Waals surface area contributed by atoms with Crippen molar-refractivity contribution >= 4 is 39.1 Å². The number of halogens is 2. The molecule has 0 aromatic heterocycles. The molecule has 0 spiro atoms. The first kappa shape index (κ1) is 15.7. The molecule has 21 heavy (non-hydrogen) atoms. The van der Waals surface area contributed by atoms with Gasteiger partial charge >= 0.3 is 0 Å². The van der Waals surface area contributed by atoms with Gasteiger partial charge in [-0.25, -0.2) is 5.43 Å². The van der Waals surface area contributed by atoms with Crippen molar-refractivity contribution in [2.24, 2.45) is 5.10 Å². The van der Waals surface area contributed by atoms with Crippen molar-refractivity contribution in [3.63, 3.8) is 0 Å². The SMILES string of the molecule is CC(=NNC(=O)c1ccc(C)cc1Cl)c1cccc(Br)c1. The molecule has 3 nitrogen and oxygen atoms in total. The summed E-state index contributed by atoms with van der Waals surface area (Å²) in [6.45, 7) is 3.75. The number of hydrazone groups is 1. The summed E-state index contributed by atoms with van der Waals surface area (Å²) >= 11 is 9.47. The summed E-state index contributed by atoms with van der Waals surface area (Å²) in [5.74, 6) is -0.325. The normalized spacial score (nSPS) is 11.3. The molecule has 0 aliphatic heterocycles. The minimum Gasteiger partial charge on any atom is -0.267 e. The largest absolute Gasteiger partial charge is 0.272 e. The lowest BCUT2D eigenvalue weighted by Crippen LogP contribution is -2.19. The van der Waals surface area contributed by atoms with E-state index in [0.717, 1.165) is 15.6 Å². The summed E-state index contributed by atoms with van der Waals surface area (Å²) in [5, 5.41) is 4.53. The molecule has 2 aromatic rings. The van der Waals surface area contributed by atoms with E-state index in [0.29, 0.717) is 16.3 Å². The first-order valence-corrected chi connectivity index (χ1v) is 7.51. The molecule has 0 saturated carbocycles. The van der Waals surface area contributed by atoms with Crippen LogP contribution in [0.1, 0.15) is 28.4 Å². The maximum absolute atomic E-state index is 12.1. The quantitative estimate of drug-likeness (QED) is 0.628. The second-order valence-corrected chi connectivity index (χ2v) is 5.95. The molecule has 0 fully saturated rings. The van der Waals surface area contributed by atoms with Crippen molar-refractivity contribution in [2.45, 2.75) is 13.8 Å². The Bertz CT molecular complexity index is 713. The Morgan fingerprint density at radius 2 is 2.00 bits per heavy atom. The minimum atomic E-state index is -0.325. The molecule has 1 amide bonds. The molecule has 0 atom stereocenters. The molecular weight excluding hydrogens is 352 g/mol. The van der Waals surface area contributed by atoms with Crippen LogP contribution in [0.3, 0.4) is 0 Å². The van der Waals surface area contributed by atoms with E-state index >= 15 is 0 Å². The highest BCUT2D eigenvalue weighted by Crippen LogP contribution is 2.17. The summed E-state index contributed by atoms with van der Waals surface area (Å²) in [5.41, 5.74) is 5.59. The Balaban J connectivity index is 2.14. The Kier molecular flexibility index (Phi) is 5.15. The summed E-state index contributed by atoms with van der Waals surface area (Å²) < 4.78 is 0.961. The standard InChI is InChI=1S/C16H14BrClN2O/c1-10-6-7-14(15(18)8-10)16(21)20-19-11(2)12-4-3-5-13(17)9-12/h3-9H,1-2H3,(H,20,21). The van der Waals surface area contributed by atoms with Gasteiger partial charge in [-0.05, 0) is 49.2 Å². The third kappa shape index (κ3) is 4.16. The topological polar surface area (TPSA) is 41.5 Å². The second kappa shape index (κ2) is 6.87. The van der Waals surface area contributed by atoms with Gasteiger partial charge in [0.15, 0.2) is 0 Å². The number of hydrogen-bond donors (Lipinski definition) is 1. The number of hydrogen-bond acceptors (Lipinski definition) is 2. The Morgan fingerprint density at radius 3 is 2.67 bits per heavy atom. The van der Waals surface area contributed by atoms with Crippen molar-refractivity contribution in [1.29, 1.82) is 0 Å². The van der Waals surface area contributed by atoms with Gasteiger partial charge in [0, 0.05) is 4.47 Å². The molecular formula is C16H14BrClN2O. The zero-order valence-electron chi connectivity index (χ0n) is 11.7. The van der Waals surface area contributed by atoms with Crippen LogP contribution in [-0.4, -0.2) is 11.6 Å². The van der Waals surface area contributed by atoms with Crippen molar-refractivity contribution < 1.29 is 4.79 Å². The molecule has 2 aromatic carbocycles. The molecule has 0 bridgehead atoms. The van der Waals surface area contributed by atoms with Crippen LogP contribution in [0.25, 0.3) is 0 Å². The lowest BCUT2D eigenvalue weighted by atomic mass is 10.1. The first-order chi connectivity index (χ1) is 9.97.